The van der Waals surface area contributed by atoms with Crippen molar-refractivity contribution in [2.45, 2.75) is 38.7 Å². The molecule has 3 rings (SSSR count). The maximum absolute atomic E-state index is 13.0. The second-order valence-electron chi connectivity index (χ2n) is 6.80. The number of halogens is 3. The van der Waals surface area contributed by atoms with E-state index in [9.17, 15) is 18.0 Å². The number of morpholine rings is 1. The number of benzene rings is 1. The molecule has 1 aromatic carbocycles. The first-order chi connectivity index (χ1) is 12.0. The topological polar surface area (TPSA) is 55.3 Å². The summed E-state index contributed by atoms with van der Waals surface area (Å²) in [4.78, 5) is 14.3. The molecule has 9 heteroatoms. The molecule has 1 aromatic heterocycles. The minimum absolute atomic E-state index is 0.155. The lowest BCUT2D eigenvalue weighted by atomic mass is 9.99. The van der Waals surface area contributed by atoms with Crippen LogP contribution in [0.15, 0.2) is 24.3 Å². The largest absolute Gasteiger partial charge is 0.416 e. The molecule has 1 amide bonds. The van der Waals surface area contributed by atoms with Crippen LogP contribution < -0.4 is 0 Å². The average Bonchev–Trinajstić information content (AvgIpc) is 2.98. The van der Waals surface area contributed by atoms with Gasteiger partial charge >= 0.3 is 6.18 Å². The van der Waals surface area contributed by atoms with Gasteiger partial charge in [0.05, 0.1) is 17.7 Å². The predicted molar refractivity (Wildman–Crippen MR) is 89.9 cm³/mol. The van der Waals surface area contributed by atoms with E-state index in [0.29, 0.717) is 17.1 Å². The highest BCUT2D eigenvalue weighted by molar-refractivity contribution is 7.13. The van der Waals surface area contributed by atoms with Crippen LogP contribution in [-0.4, -0.2) is 39.7 Å². The Kier molecular flexibility index (Phi) is 4.78. The molecule has 0 spiro atoms. The molecule has 1 aliphatic heterocycles. The van der Waals surface area contributed by atoms with Gasteiger partial charge in [-0.2, -0.15) is 13.2 Å². The fourth-order valence-electron chi connectivity index (χ4n) is 2.95. The minimum atomic E-state index is -4.43. The number of nitrogens with zero attached hydrogens (tertiary/aromatic N) is 3. The summed E-state index contributed by atoms with van der Waals surface area (Å²) < 4.78 is 44.9. The Balaban J connectivity index is 1.88. The Morgan fingerprint density at radius 3 is 2.69 bits per heavy atom. The average molecular weight is 385 g/mol. The van der Waals surface area contributed by atoms with Gasteiger partial charge < -0.3 is 9.64 Å². The van der Waals surface area contributed by atoms with Crippen molar-refractivity contribution in [2.24, 2.45) is 0 Å². The van der Waals surface area contributed by atoms with Crippen molar-refractivity contribution in [3.05, 3.63) is 45.4 Å². The van der Waals surface area contributed by atoms with Crippen molar-refractivity contribution >= 4 is 17.2 Å². The summed E-state index contributed by atoms with van der Waals surface area (Å²) in [6.45, 7) is 5.84. The standard InChI is InChI=1S/C17H18F3N3O2S/c1-10-21-22-14(26-10)15(24)23-8-13(25-16(2,3)9-23)11-5-4-6-12(7-11)17(18,19)20/h4-7,13H,8-9H2,1-3H3. The molecule has 2 aromatic rings. The summed E-state index contributed by atoms with van der Waals surface area (Å²) in [5.41, 5.74) is -1.05. The van der Waals surface area contributed by atoms with Crippen molar-refractivity contribution in [2.75, 3.05) is 13.1 Å². The van der Waals surface area contributed by atoms with Gasteiger partial charge in [-0.15, -0.1) is 10.2 Å². The second-order valence-corrected chi connectivity index (χ2v) is 7.98. The Morgan fingerprint density at radius 2 is 2.08 bits per heavy atom. The maximum atomic E-state index is 13.0. The lowest BCUT2D eigenvalue weighted by molar-refractivity contribution is -0.138. The number of alkyl halides is 3. The van der Waals surface area contributed by atoms with Gasteiger partial charge in [-0.3, -0.25) is 4.79 Å². The number of ether oxygens (including phenoxy) is 1. The Hall–Kier alpha value is -2.00. The number of aromatic nitrogens is 2. The zero-order chi connectivity index (χ0) is 19.1. The van der Waals surface area contributed by atoms with Gasteiger partial charge in [0.25, 0.3) is 5.91 Å². The summed E-state index contributed by atoms with van der Waals surface area (Å²) in [6, 6.07) is 5.02. The molecule has 1 unspecified atom stereocenters. The molecule has 0 saturated carbocycles. The van der Waals surface area contributed by atoms with Gasteiger partial charge in [0, 0.05) is 6.54 Å². The summed E-state index contributed by atoms with van der Waals surface area (Å²) >= 11 is 1.19. The summed E-state index contributed by atoms with van der Waals surface area (Å²) in [6.07, 6.45) is -5.08. The highest BCUT2D eigenvalue weighted by atomic mass is 32.1. The van der Waals surface area contributed by atoms with E-state index in [1.165, 1.54) is 17.4 Å². The third-order valence-electron chi connectivity index (χ3n) is 4.00. The molecule has 5 nitrogen and oxygen atoms in total. The van der Waals surface area contributed by atoms with E-state index in [2.05, 4.69) is 10.2 Å². The summed E-state index contributed by atoms with van der Waals surface area (Å²) in [5, 5.41) is 8.66. The molecule has 0 N–H and O–H groups in total. The molecule has 140 valence electrons. The van der Waals surface area contributed by atoms with Gasteiger partial charge in [0.1, 0.15) is 11.1 Å². The number of rotatable bonds is 2. The van der Waals surface area contributed by atoms with Crippen LogP contribution in [-0.2, 0) is 10.9 Å². The minimum Gasteiger partial charge on any atom is -0.364 e. The van der Waals surface area contributed by atoms with Crippen LogP contribution in [0.3, 0.4) is 0 Å². The fourth-order valence-corrected chi connectivity index (χ4v) is 3.61. The van der Waals surface area contributed by atoms with E-state index >= 15 is 0 Å². The molecule has 0 aliphatic carbocycles. The predicted octanol–water partition coefficient (Wildman–Crippen LogP) is 3.86. The van der Waals surface area contributed by atoms with Gasteiger partial charge in [-0.1, -0.05) is 23.5 Å². The van der Waals surface area contributed by atoms with Crippen LogP contribution in [0.2, 0.25) is 0 Å². The van der Waals surface area contributed by atoms with E-state index in [-0.39, 0.29) is 17.5 Å². The second kappa shape index (κ2) is 6.62. The maximum Gasteiger partial charge on any atom is 0.416 e. The van der Waals surface area contributed by atoms with Crippen LogP contribution in [0.4, 0.5) is 13.2 Å². The van der Waals surface area contributed by atoms with E-state index in [1.54, 1.807) is 31.7 Å². The van der Waals surface area contributed by atoms with E-state index in [4.69, 9.17) is 4.74 Å². The summed E-state index contributed by atoms with van der Waals surface area (Å²) in [7, 11) is 0. The number of aryl methyl sites for hydroxylation is 1. The molecular formula is C17H18F3N3O2S. The number of hydrogen-bond acceptors (Lipinski definition) is 5. The Labute approximate surface area is 152 Å². The lowest BCUT2D eigenvalue weighted by Gasteiger charge is -2.42. The lowest BCUT2D eigenvalue weighted by Crippen LogP contribution is -2.51. The smallest absolute Gasteiger partial charge is 0.364 e. The third-order valence-corrected chi connectivity index (χ3v) is 4.83. The quantitative estimate of drug-likeness (QED) is 0.788. The van der Waals surface area contributed by atoms with Crippen LogP contribution in [0.1, 0.15) is 45.9 Å². The molecule has 1 atom stereocenters. The molecule has 1 fully saturated rings. The van der Waals surface area contributed by atoms with Crippen LogP contribution in [0.25, 0.3) is 0 Å². The SMILES string of the molecule is Cc1nnc(C(=O)N2CC(c3cccc(C(F)(F)F)c3)OC(C)(C)C2)s1. The van der Waals surface area contributed by atoms with Crippen LogP contribution >= 0.6 is 11.3 Å². The molecule has 2 heterocycles. The molecular weight excluding hydrogens is 367 g/mol. The van der Waals surface area contributed by atoms with E-state index in [1.807, 2.05) is 0 Å². The van der Waals surface area contributed by atoms with Crippen molar-refractivity contribution in [1.29, 1.82) is 0 Å². The molecule has 0 bridgehead atoms. The van der Waals surface area contributed by atoms with Crippen LogP contribution in [0, 0.1) is 6.92 Å². The third kappa shape index (κ3) is 4.04. The van der Waals surface area contributed by atoms with Crippen molar-refractivity contribution in [3.63, 3.8) is 0 Å². The first-order valence-electron chi connectivity index (χ1n) is 7.99. The van der Waals surface area contributed by atoms with Gasteiger partial charge in [0.2, 0.25) is 5.01 Å². The van der Waals surface area contributed by atoms with Crippen molar-refractivity contribution in [1.82, 2.24) is 15.1 Å². The normalized spacial score (nSPS) is 20.2. The Morgan fingerprint density at radius 1 is 1.35 bits per heavy atom. The van der Waals surface area contributed by atoms with Crippen molar-refractivity contribution in [3.8, 4) is 0 Å². The highest BCUT2D eigenvalue weighted by Crippen LogP contribution is 2.35. The first-order valence-corrected chi connectivity index (χ1v) is 8.81. The van der Waals surface area contributed by atoms with Crippen molar-refractivity contribution < 1.29 is 22.7 Å². The van der Waals surface area contributed by atoms with Crippen LogP contribution in [0.5, 0.6) is 0 Å². The molecule has 1 aliphatic rings. The van der Waals surface area contributed by atoms with E-state index < -0.39 is 23.4 Å². The number of carbonyl (C=O) groups excluding carboxylic acids is 1. The molecule has 1 saturated heterocycles. The highest BCUT2D eigenvalue weighted by Gasteiger charge is 2.38. The molecule has 0 radical (unpaired) electrons. The Bertz CT molecular complexity index is 820. The monoisotopic (exact) mass is 385 g/mol. The fraction of sp³-hybridized carbons (Fsp3) is 0.471. The number of carbonyl (C=O) groups is 1. The zero-order valence-electron chi connectivity index (χ0n) is 14.5. The molecule has 26 heavy (non-hydrogen) atoms. The number of hydrogen-bond donors (Lipinski definition) is 0. The zero-order valence-corrected chi connectivity index (χ0v) is 15.3. The number of amides is 1. The summed E-state index contributed by atoms with van der Waals surface area (Å²) in [5.74, 6) is -0.288. The van der Waals surface area contributed by atoms with Gasteiger partial charge in [-0.05, 0) is 38.5 Å². The first kappa shape index (κ1) is 18.8. The van der Waals surface area contributed by atoms with Gasteiger partial charge in [-0.25, -0.2) is 0 Å². The van der Waals surface area contributed by atoms with Gasteiger partial charge in [0.15, 0.2) is 0 Å². The van der Waals surface area contributed by atoms with E-state index in [0.717, 1.165) is 12.1 Å².